The number of methoxy groups -OCH3 is 2. The second kappa shape index (κ2) is 5.27. The lowest BCUT2D eigenvalue weighted by Crippen LogP contribution is -2.87. The number of carbonyl (C=O) groups excluding carboxylic acids is 1. The minimum atomic E-state index is -1.03. The first-order valence-electron chi connectivity index (χ1n) is 5.93. The van der Waals surface area contributed by atoms with E-state index in [-0.39, 0.29) is 12.5 Å². The summed E-state index contributed by atoms with van der Waals surface area (Å²) < 4.78 is 10.5. The van der Waals surface area contributed by atoms with Gasteiger partial charge in [0.25, 0.3) is 0 Å². The molecule has 1 heterocycles. The first-order valence-corrected chi connectivity index (χ1v) is 5.93. The molecule has 0 saturated heterocycles. The summed E-state index contributed by atoms with van der Waals surface area (Å²) >= 11 is 0. The van der Waals surface area contributed by atoms with Gasteiger partial charge >= 0.3 is 0 Å². The van der Waals surface area contributed by atoms with Crippen LogP contribution < -0.4 is 19.9 Å². The smallest absolute Gasteiger partial charge is 0.161 e. The summed E-state index contributed by atoms with van der Waals surface area (Å²) in [7, 11) is 3.17. The predicted octanol–water partition coefficient (Wildman–Crippen LogP) is -0.996. The summed E-state index contributed by atoms with van der Waals surface area (Å²) in [4.78, 5) is 10.8. The number of carboxylic acids is 1. The molecule has 0 saturated carbocycles. The molecule has 1 atom stereocenters. The van der Waals surface area contributed by atoms with Crippen LogP contribution in [0.1, 0.15) is 23.6 Å². The van der Waals surface area contributed by atoms with E-state index in [1.807, 2.05) is 17.4 Å². The van der Waals surface area contributed by atoms with E-state index in [9.17, 15) is 9.90 Å². The lowest BCUT2D eigenvalue weighted by Gasteiger charge is -2.25. The maximum atomic E-state index is 10.8. The average Bonchev–Trinajstić information content (AvgIpc) is 2.37. The molecule has 1 aromatic rings. The number of fused-ring (bicyclic) bond motifs is 1. The number of aliphatic carboxylic acids is 1. The zero-order valence-electron chi connectivity index (χ0n) is 10.6. The quantitative estimate of drug-likeness (QED) is 0.745. The molecule has 0 spiro atoms. The van der Waals surface area contributed by atoms with Crippen molar-refractivity contribution in [2.45, 2.75) is 18.9 Å². The molecule has 0 amide bonds. The molecule has 0 unspecified atom stereocenters. The minimum Gasteiger partial charge on any atom is -0.550 e. The summed E-state index contributed by atoms with van der Waals surface area (Å²) in [5, 5.41) is 12.8. The monoisotopic (exact) mass is 251 g/mol. The summed E-state index contributed by atoms with van der Waals surface area (Å²) in [6.07, 6.45) is 0.918. The number of rotatable bonds is 4. The van der Waals surface area contributed by atoms with E-state index >= 15 is 0 Å². The van der Waals surface area contributed by atoms with Crippen LogP contribution in [-0.2, 0) is 11.2 Å². The summed E-state index contributed by atoms with van der Waals surface area (Å²) in [6, 6.07) is 3.71. The molecule has 0 aromatic heterocycles. The molecular formula is C13H17NO4. The van der Waals surface area contributed by atoms with Gasteiger partial charge in [0.1, 0.15) is 6.04 Å². The Morgan fingerprint density at radius 1 is 1.39 bits per heavy atom. The zero-order valence-corrected chi connectivity index (χ0v) is 10.6. The Kier molecular flexibility index (Phi) is 3.72. The van der Waals surface area contributed by atoms with Crippen LogP contribution in [0.15, 0.2) is 12.1 Å². The van der Waals surface area contributed by atoms with E-state index < -0.39 is 5.97 Å². The maximum Gasteiger partial charge on any atom is 0.161 e. The average molecular weight is 251 g/mol. The minimum absolute atomic E-state index is 0.0164. The SMILES string of the molecule is COc1cc2c(cc1OC)[C@H](CC(=O)[O-])[NH2+]CC2. The normalized spacial score (nSPS) is 18.0. The van der Waals surface area contributed by atoms with E-state index in [4.69, 9.17) is 9.47 Å². The van der Waals surface area contributed by atoms with Gasteiger partial charge in [-0.15, -0.1) is 0 Å². The number of carbonyl (C=O) groups is 1. The molecular weight excluding hydrogens is 234 g/mol. The van der Waals surface area contributed by atoms with Crippen molar-refractivity contribution in [3.8, 4) is 11.5 Å². The van der Waals surface area contributed by atoms with Crippen molar-refractivity contribution in [3.05, 3.63) is 23.3 Å². The fraction of sp³-hybridized carbons (Fsp3) is 0.462. The molecule has 0 bridgehead atoms. The Morgan fingerprint density at radius 2 is 2.06 bits per heavy atom. The molecule has 98 valence electrons. The lowest BCUT2D eigenvalue weighted by molar-refractivity contribution is -0.698. The van der Waals surface area contributed by atoms with Gasteiger partial charge in [-0.25, -0.2) is 0 Å². The predicted molar refractivity (Wildman–Crippen MR) is 62.4 cm³/mol. The molecule has 18 heavy (non-hydrogen) atoms. The lowest BCUT2D eigenvalue weighted by atomic mass is 9.92. The number of benzene rings is 1. The topological polar surface area (TPSA) is 75.2 Å². The van der Waals surface area contributed by atoms with Crippen molar-refractivity contribution in [2.75, 3.05) is 20.8 Å². The number of hydrogen-bond donors (Lipinski definition) is 1. The second-order valence-corrected chi connectivity index (χ2v) is 4.36. The largest absolute Gasteiger partial charge is 0.550 e. The van der Waals surface area contributed by atoms with Crippen LogP contribution in [0.3, 0.4) is 0 Å². The van der Waals surface area contributed by atoms with Crippen LogP contribution in [0.4, 0.5) is 0 Å². The van der Waals surface area contributed by atoms with Crippen LogP contribution in [0.25, 0.3) is 0 Å². The van der Waals surface area contributed by atoms with E-state index in [0.717, 1.165) is 24.1 Å². The summed E-state index contributed by atoms with van der Waals surface area (Å²) in [5.74, 6) is 0.291. The first-order chi connectivity index (χ1) is 8.65. The van der Waals surface area contributed by atoms with Crippen LogP contribution in [0.5, 0.6) is 11.5 Å². The van der Waals surface area contributed by atoms with Gasteiger partial charge in [0.05, 0.1) is 20.8 Å². The van der Waals surface area contributed by atoms with Crippen LogP contribution >= 0.6 is 0 Å². The highest BCUT2D eigenvalue weighted by molar-refractivity contribution is 5.65. The number of nitrogens with two attached hydrogens (primary N) is 1. The van der Waals surface area contributed by atoms with Crippen LogP contribution in [0.2, 0.25) is 0 Å². The maximum absolute atomic E-state index is 10.8. The molecule has 5 nitrogen and oxygen atoms in total. The van der Waals surface area contributed by atoms with E-state index in [1.165, 1.54) is 0 Å². The van der Waals surface area contributed by atoms with Crippen molar-refractivity contribution < 1.29 is 24.7 Å². The summed E-state index contributed by atoms with van der Waals surface area (Å²) in [6.45, 7) is 0.875. The highest BCUT2D eigenvalue weighted by atomic mass is 16.5. The van der Waals surface area contributed by atoms with Crippen LogP contribution in [-0.4, -0.2) is 26.7 Å². The van der Waals surface area contributed by atoms with Gasteiger partial charge in [-0.2, -0.15) is 0 Å². The van der Waals surface area contributed by atoms with Crippen molar-refractivity contribution in [3.63, 3.8) is 0 Å². The Balaban J connectivity index is 2.40. The summed E-state index contributed by atoms with van der Waals surface area (Å²) in [5.41, 5.74) is 2.13. The second-order valence-electron chi connectivity index (χ2n) is 4.36. The van der Waals surface area contributed by atoms with Crippen LogP contribution in [0, 0.1) is 0 Å². The Labute approximate surface area is 106 Å². The number of carboxylic acid groups (broad SMARTS) is 1. The van der Waals surface area contributed by atoms with Crippen molar-refractivity contribution in [1.82, 2.24) is 0 Å². The molecule has 1 aliphatic rings. The Morgan fingerprint density at radius 3 is 2.67 bits per heavy atom. The van der Waals surface area contributed by atoms with E-state index in [0.29, 0.717) is 11.5 Å². The van der Waals surface area contributed by atoms with Gasteiger partial charge in [-0.05, 0) is 17.7 Å². The molecule has 1 aromatic carbocycles. The van der Waals surface area contributed by atoms with Gasteiger partial charge in [-0.3, -0.25) is 0 Å². The molecule has 0 radical (unpaired) electrons. The van der Waals surface area contributed by atoms with Gasteiger partial charge < -0.3 is 24.7 Å². The number of ether oxygens (including phenoxy) is 2. The standard InChI is InChI=1S/C13H17NO4/c1-17-11-5-8-3-4-14-10(7-13(15)16)9(8)6-12(11)18-2/h5-6,10,14H,3-4,7H2,1-2H3,(H,15,16)/t10-/m0/s1. The number of hydrogen-bond acceptors (Lipinski definition) is 4. The Bertz CT molecular complexity index is 459. The van der Waals surface area contributed by atoms with E-state index in [1.54, 1.807) is 14.2 Å². The number of quaternary nitrogens is 1. The zero-order chi connectivity index (χ0) is 13.1. The highest BCUT2D eigenvalue weighted by Gasteiger charge is 2.25. The first kappa shape index (κ1) is 12.7. The van der Waals surface area contributed by atoms with Gasteiger partial charge in [-0.1, -0.05) is 0 Å². The van der Waals surface area contributed by atoms with Gasteiger partial charge in [0.15, 0.2) is 11.5 Å². The van der Waals surface area contributed by atoms with Gasteiger partial charge in [0, 0.05) is 24.4 Å². The fourth-order valence-corrected chi connectivity index (χ4v) is 2.44. The third-order valence-electron chi connectivity index (χ3n) is 3.30. The fourth-order valence-electron chi connectivity index (χ4n) is 2.44. The molecule has 0 fully saturated rings. The van der Waals surface area contributed by atoms with Gasteiger partial charge in [0.2, 0.25) is 0 Å². The molecule has 2 N–H and O–H groups in total. The molecule has 0 aliphatic carbocycles. The highest BCUT2D eigenvalue weighted by Crippen LogP contribution is 2.34. The molecule has 2 rings (SSSR count). The molecule has 1 aliphatic heterocycles. The third kappa shape index (κ3) is 2.41. The van der Waals surface area contributed by atoms with Crippen molar-refractivity contribution in [2.24, 2.45) is 0 Å². The Hall–Kier alpha value is -1.75. The van der Waals surface area contributed by atoms with Crippen molar-refractivity contribution >= 4 is 5.97 Å². The van der Waals surface area contributed by atoms with E-state index in [2.05, 4.69) is 0 Å². The third-order valence-corrected chi connectivity index (χ3v) is 3.30. The van der Waals surface area contributed by atoms with Crippen molar-refractivity contribution in [1.29, 1.82) is 0 Å². The molecule has 5 heteroatoms.